The molecule has 2 amide bonds. The molecular formula is C30H38N6O3. The molecule has 0 saturated carbocycles. The number of para-hydroxylation sites is 1. The molecule has 2 saturated heterocycles. The van der Waals surface area contributed by atoms with Crippen molar-refractivity contribution in [3.8, 4) is 0 Å². The van der Waals surface area contributed by atoms with Crippen molar-refractivity contribution < 1.29 is 14.7 Å². The highest BCUT2D eigenvalue weighted by Crippen LogP contribution is 2.24. The lowest BCUT2D eigenvalue weighted by molar-refractivity contribution is -0.139. The van der Waals surface area contributed by atoms with Gasteiger partial charge in [-0.1, -0.05) is 48.5 Å². The summed E-state index contributed by atoms with van der Waals surface area (Å²) in [7, 11) is 0. The molecule has 9 heteroatoms. The number of nitrogens with one attached hydrogen (secondary N) is 3. The van der Waals surface area contributed by atoms with E-state index in [1.807, 2.05) is 48.5 Å². The van der Waals surface area contributed by atoms with E-state index in [1.54, 1.807) is 11.1 Å². The first-order chi connectivity index (χ1) is 19.0. The van der Waals surface area contributed by atoms with Crippen LogP contribution in [0.5, 0.6) is 0 Å². The van der Waals surface area contributed by atoms with Crippen LogP contribution >= 0.6 is 0 Å². The van der Waals surface area contributed by atoms with Gasteiger partial charge in [0.25, 0.3) is 0 Å². The maximum Gasteiger partial charge on any atom is 0.247 e. The van der Waals surface area contributed by atoms with Crippen LogP contribution < -0.4 is 21.7 Å². The summed E-state index contributed by atoms with van der Waals surface area (Å²) in [6, 6.07) is 18.5. The van der Waals surface area contributed by atoms with Gasteiger partial charge < -0.3 is 31.7 Å². The summed E-state index contributed by atoms with van der Waals surface area (Å²) in [5, 5.41) is 21.2. The number of likely N-dealkylation sites (tertiary alicyclic amines) is 1. The fourth-order valence-corrected chi connectivity index (χ4v) is 5.56. The van der Waals surface area contributed by atoms with E-state index in [9.17, 15) is 14.7 Å². The average molecular weight is 531 g/mol. The standard InChI is InChI=1S/C30H38N6O3/c31-22-12-13-32-27(15-22)30(39)36-19-24(33-18-25(37)11-10-20-6-2-1-3-7-20)16-28(36)29(38)35-23-14-21-8-4-5-9-26(21)34-17-23/h1-9,14,17,22,24-25,27-28,32-33,37H,10-13,15-16,18-19,31H2,(H,35,38)/t22-,24-,25-,27+,28+/m1/s1. The van der Waals surface area contributed by atoms with Gasteiger partial charge in [0.05, 0.1) is 29.5 Å². The predicted octanol–water partition coefficient (Wildman–Crippen LogP) is 1.81. The number of aliphatic hydroxyl groups excluding tert-OH is 1. The van der Waals surface area contributed by atoms with Crippen LogP contribution in [0, 0.1) is 0 Å². The molecular weight excluding hydrogens is 492 g/mol. The number of hydrogen-bond acceptors (Lipinski definition) is 7. The van der Waals surface area contributed by atoms with Crippen molar-refractivity contribution in [2.24, 2.45) is 5.73 Å². The molecule has 9 nitrogen and oxygen atoms in total. The first-order valence-electron chi connectivity index (χ1n) is 13.9. The van der Waals surface area contributed by atoms with Gasteiger partial charge in [-0.3, -0.25) is 14.6 Å². The zero-order valence-corrected chi connectivity index (χ0v) is 22.1. The molecule has 0 radical (unpaired) electrons. The van der Waals surface area contributed by atoms with Gasteiger partial charge in [0.2, 0.25) is 11.8 Å². The Bertz CT molecular complexity index is 1270. The molecule has 2 fully saturated rings. The minimum atomic E-state index is -0.636. The molecule has 6 N–H and O–H groups in total. The molecule has 0 aliphatic carbocycles. The van der Waals surface area contributed by atoms with Crippen LogP contribution in [-0.4, -0.2) is 76.7 Å². The van der Waals surface area contributed by atoms with E-state index in [2.05, 4.69) is 33.1 Å². The Labute approximate surface area is 229 Å². The minimum Gasteiger partial charge on any atom is -0.392 e. The highest BCUT2D eigenvalue weighted by atomic mass is 16.3. The Morgan fingerprint density at radius 2 is 1.92 bits per heavy atom. The summed E-state index contributed by atoms with van der Waals surface area (Å²) in [5.74, 6) is -0.342. The number of nitrogens with two attached hydrogens (primary N) is 1. The monoisotopic (exact) mass is 530 g/mol. The predicted molar refractivity (Wildman–Crippen MR) is 152 cm³/mol. The van der Waals surface area contributed by atoms with Gasteiger partial charge in [-0.15, -0.1) is 0 Å². The Morgan fingerprint density at radius 1 is 1.13 bits per heavy atom. The largest absolute Gasteiger partial charge is 0.392 e. The maximum absolute atomic E-state index is 13.6. The third-order valence-electron chi connectivity index (χ3n) is 7.74. The van der Waals surface area contributed by atoms with Crippen molar-refractivity contribution >= 4 is 28.4 Å². The van der Waals surface area contributed by atoms with E-state index in [0.29, 0.717) is 44.6 Å². The fourth-order valence-electron chi connectivity index (χ4n) is 5.56. The zero-order chi connectivity index (χ0) is 27.2. The zero-order valence-electron chi connectivity index (χ0n) is 22.1. The number of rotatable bonds is 9. The number of fused-ring (bicyclic) bond motifs is 1. The number of aliphatic hydroxyl groups is 1. The van der Waals surface area contributed by atoms with Crippen molar-refractivity contribution in [3.05, 3.63) is 72.4 Å². The summed E-state index contributed by atoms with van der Waals surface area (Å²) >= 11 is 0. The van der Waals surface area contributed by atoms with Gasteiger partial charge in [0.1, 0.15) is 6.04 Å². The first-order valence-corrected chi connectivity index (χ1v) is 13.9. The van der Waals surface area contributed by atoms with Crippen LogP contribution in [0.1, 0.15) is 31.2 Å². The third-order valence-corrected chi connectivity index (χ3v) is 7.74. The normalized spacial score (nSPS) is 24.0. The molecule has 0 unspecified atom stereocenters. The molecule has 39 heavy (non-hydrogen) atoms. The number of benzene rings is 2. The van der Waals surface area contributed by atoms with Gasteiger partial charge in [0, 0.05) is 30.6 Å². The van der Waals surface area contributed by atoms with Gasteiger partial charge in [-0.2, -0.15) is 0 Å². The number of nitrogens with zero attached hydrogens (tertiary/aromatic N) is 2. The summed E-state index contributed by atoms with van der Waals surface area (Å²) < 4.78 is 0. The SMILES string of the molecule is N[C@@H]1CCN[C@H](C(=O)N2C[C@H](NC[C@H](O)CCc3ccccc3)C[C@H]2C(=O)Nc2cnc3ccccc3c2)C1. The summed E-state index contributed by atoms with van der Waals surface area (Å²) in [5.41, 5.74) is 8.78. The highest BCUT2D eigenvalue weighted by Gasteiger charge is 2.42. The fraction of sp³-hybridized carbons (Fsp3) is 0.433. The molecule has 2 aromatic carbocycles. The highest BCUT2D eigenvalue weighted by molar-refractivity contribution is 5.99. The van der Waals surface area contributed by atoms with Crippen molar-refractivity contribution in [2.45, 2.75) is 62.4 Å². The Balaban J connectivity index is 1.24. The molecule has 0 spiro atoms. The molecule has 2 aliphatic heterocycles. The van der Waals surface area contributed by atoms with Crippen LogP contribution in [0.3, 0.4) is 0 Å². The number of aryl methyl sites for hydroxylation is 1. The van der Waals surface area contributed by atoms with Crippen molar-refractivity contribution in [2.75, 3.05) is 25.0 Å². The van der Waals surface area contributed by atoms with Crippen molar-refractivity contribution in [3.63, 3.8) is 0 Å². The summed E-state index contributed by atoms with van der Waals surface area (Å²) in [6.07, 6.45) is 4.38. The molecule has 0 bridgehead atoms. The second-order valence-corrected chi connectivity index (χ2v) is 10.7. The number of amides is 2. The molecule has 5 rings (SSSR count). The Kier molecular flexibility index (Phi) is 8.83. The third kappa shape index (κ3) is 6.99. The van der Waals surface area contributed by atoms with E-state index in [1.165, 1.54) is 5.56 Å². The van der Waals surface area contributed by atoms with Crippen molar-refractivity contribution in [1.29, 1.82) is 0 Å². The van der Waals surface area contributed by atoms with Crippen LogP contribution in [0.25, 0.3) is 10.9 Å². The van der Waals surface area contributed by atoms with Crippen LogP contribution in [0.2, 0.25) is 0 Å². The van der Waals surface area contributed by atoms with E-state index >= 15 is 0 Å². The van der Waals surface area contributed by atoms with Gasteiger partial charge in [-0.05, 0) is 56.3 Å². The quantitative estimate of drug-likeness (QED) is 0.285. The number of carbonyl (C=O) groups is 2. The molecule has 2 aliphatic rings. The summed E-state index contributed by atoms with van der Waals surface area (Å²) in [4.78, 5) is 33.2. The number of hydrogen-bond donors (Lipinski definition) is 5. The first kappa shape index (κ1) is 27.2. The van der Waals surface area contributed by atoms with Crippen LogP contribution in [0.4, 0.5) is 5.69 Å². The topological polar surface area (TPSA) is 133 Å². The van der Waals surface area contributed by atoms with E-state index in [0.717, 1.165) is 23.7 Å². The number of pyridine rings is 1. The second-order valence-electron chi connectivity index (χ2n) is 10.7. The van der Waals surface area contributed by atoms with E-state index in [-0.39, 0.29) is 23.9 Å². The van der Waals surface area contributed by atoms with Crippen LogP contribution in [-0.2, 0) is 16.0 Å². The lowest BCUT2D eigenvalue weighted by Crippen LogP contribution is -2.55. The van der Waals surface area contributed by atoms with Crippen molar-refractivity contribution in [1.82, 2.24) is 20.5 Å². The smallest absolute Gasteiger partial charge is 0.247 e. The number of aromatic nitrogens is 1. The van der Waals surface area contributed by atoms with Crippen LogP contribution in [0.15, 0.2) is 66.9 Å². The van der Waals surface area contributed by atoms with Gasteiger partial charge in [-0.25, -0.2) is 0 Å². The molecule has 1 aromatic heterocycles. The minimum absolute atomic E-state index is 0.0348. The lowest BCUT2D eigenvalue weighted by Gasteiger charge is -2.32. The Hall–Kier alpha value is -3.37. The Morgan fingerprint density at radius 3 is 2.74 bits per heavy atom. The molecule has 3 aromatic rings. The summed E-state index contributed by atoms with van der Waals surface area (Å²) in [6.45, 7) is 1.47. The number of carbonyl (C=O) groups excluding carboxylic acids is 2. The van der Waals surface area contributed by atoms with Gasteiger partial charge >= 0.3 is 0 Å². The average Bonchev–Trinajstić information content (AvgIpc) is 3.39. The van der Waals surface area contributed by atoms with E-state index in [4.69, 9.17) is 5.73 Å². The maximum atomic E-state index is 13.6. The lowest BCUT2D eigenvalue weighted by atomic mass is 9.99. The number of piperidine rings is 1. The molecule has 3 heterocycles. The second kappa shape index (κ2) is 12.7. The van der Waals surface area contributed by atoms with Gasteiger partial charge in [0.15, 0.2) is 0 Å². The molecule has 206 valence electrons. The molecule has 5 atom stereocenters. The number of anilines is 1. The van der Waals surface area contributed by atoms with E-state index < -0.39 is 18.2 Å².